The monoisotopic (exact) mass is 292 g/mol. The second-order valence-electron chi connectivity index (χ2n) is 4.88. The maximum Gasteiger partial charge on any atom is 0.309 e. The van der Waals surface area contributed by atoms with Gasteiger partial charge in [0.25, 0.3) is 0 Å². The second kappa shape index (κ2) is 7.64. The van der Waals surface area contributed by atoms with E-state index in [1.165, 1.54) is 0 Å². The molecule has 0 unspecified atom stereocenters. The zero-order valence-corrected chi connectivity index (χ0v) is 12.1. The quantitative estimate of drug-likeness (QED) is 0.780. The van der Waals surface area contributed by atoms with Crippen LogP contribution in [0.2, 0.25) is 0 Å². The lowest BCUT2D eigenvalue weighted by atomic mass is 10.2. The van der Waals surface area contributed by atoms with Crippen molar-refractivity contribution in [1.82, 2.24) is 10.6 Å². The van der Waals surface area contributed by atoms with E-state index in [1.807, 2.05) is 24.3 Å². The molecule has 2 N–H and O–H groups in total. The summed E-state index contributed by atoms with van der Waals surface area (Å²) in [5, 5.41) is 5.16. The SMILES string of the molecule is COc1cccc(CNC(=O)C(=O)NC[C@H]2CCCO2)c1. The summed E-state index contributed by atoms with van der Waals surface area (Å²) >= 11 is 0. The summed E-state index contributed by atoms with van der Waals surface area (Å²) in [6.07, 6.45) is 1.95. The Morgan fingerprint density at radius 2 is 2.14 bits per heavy atom. The molecule has 0 radical (unpaired) electrons. The van der Waals surface area contributed by atoms with E-state index in [-0.39, 0.29) is 12.6 Å². The van der Waals surface area contributed by atoms with Crippen LogP contribution in [0.25, 0.3) is 0 Å². The highest BCUT2D eigenvalue weighted by Gasteiger charge is 2.19. The zero-order chi connectivity index (χ0) is 15.1. The predicted molar refractivity (Wildman–Crippen MR) is 76.8 cm³/mol. The smallest absolute Gasteiger partial charge is 0.309 e. The summed E-state index contributed by atoms with van der Waals surface area (Å²) in [5.41, 5.74) is 0.870. The van der Waals surface area contributed by atoms with E-state index in [4.69, 9.17) is 9.47 Å². The van der Waals surface area contributed by atoms with Crippen molar-refractivity contribution in [3.63, 3.8) is 0 Å². The standard InChI is InChI=1S/C15H20N2O4/c1-20-12-5-2-4-11(8-12)9-16-14(18)15(19)17-10-13-6-3-7-21-13/h2,4-5,8,13H,3,6-7,9-10H2,1H3,(H,16,18)(H,17,19)/t13-/m1/s1. The number of methoxy groups -OCH3 is 1. The second-order valence-corrected chi connectivity index (χ2v) is 4.88. The lowest BCUT2D eigenvalue weighted by molar-refractivity contribution is -0.139. The first-order chi connectivity index (χ1) is 10.2. The molecule has 1 aromatic rings. The zero-order valence-electron chi connectivity index (χ0n) is 12.1. The highest BCUT2D eigenvalue weighted by Crippen LogP contribution is 2.12. The highest BCUT2D eigenvalue weighted by atomic mass is 16.5. The minimum absolute atomic E-state index is 0.0279. The van der Waals surface area contributed by atoms with E-state index in [9.17, 15) is 9.59 Å². The van der Waals surface area contributed by atoms with Gasteiger partial charge < -0.3 is 20.1 Å². The van der Waals surface area contributed by atoms with Crippen molar-refractivity contribution >= 4 is 11.8 Å². The molecule has 0 bridgehead atoms. The molecular formula is C15H20N2O4. The largest absolute Gasteiger partial charge is 0.497 e. The molecule has 0 saturated carbocycles. The van der Waals surface area contributed by atoms with Crippen molar-refractivity contribution < 1.29 is 19.1 Å². The molecular weight excluding hydrogens is 272 g/mol. The number of hydrogen-bond acceptors (Lipinski definition) is 4. The van der Waals surface area contributed by atoms with Crippen molar-refractivity contribution in [2.24, 2.45) is 0 Å². The van der Waals surface area contributed by atoms with Gasteiger partial charge in [0.05, 0.1) is 13.2 Å². The minimum Gasteiger partial charge on any atom is -0.497 e. The molecule has 0 spiro atoms. The third-order valence-electron chi connectivity index (χ3n) is 3.31. The highest BCUT2D eigenvalue weighted by molar-refractivity contribution is 6.35. The number of amides is 2. The van der Waals surface area contributed by atoms with Crippen molar-refractivity contribution in [1.29, 1.82) is 0 Å². The fourth-order valence-corrected chi connectivity index (χ4v) is 2.14. The van der Waals surface area contributed by atoms with Crippen molar-refractivity contribution in [3.05, 3.63) is 29.8 Å². The Bertz CT molecular complexity index is 498. The molecule has 2 rings (SSSR count). The van der Waals surface area contributed by atoms with E-state index in [0.717, 1.165) is 25.0 Å². The van der Waals surface area contributed by atoms with Gasteiger partial charge in [-0.2, -0.15) is 0 Å². The number of hydrogen-bond donors (Lipinski definition) is 2. The van der Waals surface area contributed by atoms with Crippen LogP contribution in [0, 0.1) is 0 Å². The van der Waals surface area contributed by atoms with Gasteiger partial charge in [-0.1, -0.05) is 12.1 Å². The van der Waals surface area contributed by atoms with Gasteiger partial charge in [0, 0.05) is 19.7 Å². The molecule has 1 aliphatic heterocycles. The van der Waals surface area contributed by atoms with Gasteiger partial charge in [0.15, 0.2) is 0 Å². The third kappa shape index (κ3) is 4.75. The first-order valence-electron chi connectivity index (χ1n) is 6.99. The molecule has 2 amide bonds. The number of benzene rings is 1. The number of ether oxygens (including phenoxy) is 2. The van der Waals surface area contributed by atoms with Gasteiger partial charge >= 0.3 is 11.8 Å². The average Bonchev–Trinajstić information content (AvgIpc) is 3.03. The summed E-state index contributed by atoms with van der Waals surface area (Å²) in [6.45, 7) is 1.39. The first kappa shape index (κ1) is 15.3. The van der Waals surface area contributed by atoms with Crippen LogP contribution in [-0.2, 0) is 20.9 Å². The Kier molecular flexibility index (Phi) is 5.57. The topological polar surface area (TPSA) is 76.7 Å². The van der Waals surface area contributed by atoms with Crippen LogP contribution in [-0.4, -0.2) is 38.2 Å². The van der Waals surface area contributed by atoms with E-state index >= 15 is 0 Å². The Morgan fingerprint density at radius 1 is 1.33 bits per heavy atom. The molecule has 6 heteroatoms. The fraction of sp³-hybridized carbons (Fsp3) is 0.467. The van der Waals surface area contributed by atoms with E-state index < -0.39 is 11.8 Å². The number of rotatable bonds is 5. The number of carbonyl (C=O) groups excluding carboxylic acids is 2. The summed E-state index contributed by atoms with van der Waals surface area (Å²) in [7, 11) is 1.58. The molecule has 1 saturated heterocycles. The van der Waals surface area contributed by atoms with Crippen molar-refractivity contribution in [3.8, 4) is 5.75 Å². The normalized spacial score (nSPS) is 17.3. The predicted octanol–water partition coefficient (Wildman–Crippen LogP) is 0.607. The lowest BCUT2D eigenvalue weighted by Gasteiger charge is -2.11. The fourth-order valence-electron chi connectivity index (χ4n) is 2.14. The van der Waals surface area contributed by atoms with Crippen LogP contribution >= 0.6 is 0 Å². The Hall–Kier alpha value is -2.08. The Balaban J connectivity index is 1.73. The van der Waals surface area contributed by atoms with Crippen molar-refractivity contribution in [2.45, 2.75) is 25.5 Å². The summed E-state index contributed by atoms with van der Waals surface area (Å²) < 4.78 is 10.5. The Morgan fingerprint density at radius 3 is 2.86 bits per heavy atom. The van der Waals surface area contributed by atoms with E-state index in [0.29, 0.717) is 12.3 Å². The molecule has 114 valence electrons. The van der Waals surface area contributed by atoms with Gasteiger partial charge in [0.2, 0.25) is 0 Å². The molecule has 0 aliphatic carbocycles. The van der Waals surface area contributed by atoms with Gasteiger partial charge in [-0.25, -0.2) is 0 Å². The molecule has 1 aromatic carbocycles. The molecule has 1 atom stereocenters. The molecule has 1 heterocycles. The van der Waals surface area contributed by atoms with Crippen LogP contribution in [0.4, 0.5) is 0 Å². The number of carbonyl (C=O) groups is 2. The molecule has 1 aliphatic rings. The minimum atomic E-state index is -0.643. The van der Waals surface area contributed by atoms with Gasteiger partial charge in [-0.05, 0) is 30.5 Å². The molecule has 6 nitrogen and oxygen atoms in total. The third-order valence-corrected chi connectivity index (χ3v) is 3.31. The maximum absolute atomic E-state index is 11.7. The van der Waals surface area contributed by atoms with Crippen molar-refractivity contribution in [2.75, 3.05) is 20.3 Å². The van der Waals surface area contributed by atoms with Gasteiger partial charge in [0.1, 0.15) is 5.75 Å². The lowest BCUT2D eigenvalue weighted by Crippen LogP contribution is -2.42. The van der Waals surface area contributed by atoms with Crippen LogP contribution in [0.1, 0.15) is 18.4 Å². The molecule has 21 heavy (non-hydrogen) atoms. The van der Waals surface area contributed by atoms with E-state index in [2.05, 4.69) is 10.6 Å². The van der Waals surface area contributed by atoms with Crippen LogP contribution < -0.4 is 15.4 Å². The summed E-state index contributed by atoms with van der Waals surface area (Å²) in [5.74, 6) is -0.561. The average molecular weight is 292 g/mol. The maximum atomic E-state index is 11.7. The van der Waals surface area contributed by atoms with Crippen LogP contribution in [0.3, 0.4) is 0 Å². The van der Waals surface area contributed by atoms with Crippen LogP contribution in [0.5, 0.6) is 5.75 Å². The van der Waals surface area contributed by atoms with Gasteiger partial charge in [-0.3, -0.25) is 9.59 Å². The molecule has 1 fully saturated rings. The van der Waals surface area contributed by atoms with E-state index in [1.54, 1.807) is 7.11 Å². The first-order valence-corrected chi connectivity index (χ1v) is 6.99. The number of nitrogens with one attached hydrogen (secondary N) is 2. The summed E-state index contributed by atoms with van der Waals surface area (Å²) in [6, 6.07) is 7.31. The summed E-state index contributed by atoms with van der Waals surface area (Å²) in [4.78, 5) is 23.3. The molecule has 0 aromatic heterocycles. The Labute approximate surface area is 123 Å². The van der Waals surface area contributed by atoms with Crippen LogP contribution in [0.15, 0.2) is 24.3 Å². The van der Waals surface area contributed by atoms with Gasteiger partial charge in [-0.15, -0.1) is 0 Å².